The average molecular weight is 473 g/mol. The summed E-state index contributed by atoms with van der Waals surface area (Å²) >= 11 is 1.52. The number of aryl methyl sites for hydroxylation is 1. The molecular formula is C24H21FN8S. The highest BCUT2D eigenvalue weighted by Crippen LogP contribution is 2.35. The summed E-state index contributed by atoms with van der Waals surface area (Å²) in [6.07, 6.45) is 4.38. The molecule has 3 N–H and O–H groups in total. The fourth-order valence-corrected chi connectivity index (χ4v) is 5.03. The van der Waals surface area contributed by atoms with Crippen LogP contribution in [0.5, 0.6) is 0 Å². The van der Waals surface area contributed by atoms with Crippen LogP contribution in [0.4, 0.5) is 10.2 Å². The van der Waals surface area contributed by atoms with Crippen molar-refractivity contribution in [1.82, 2.24) is 34.6 Å². The number of hydrogen-bond donors (Lipinski definition) is 2. The SMILES string of the molecule is CCn1cnc2cc(C#Cc3nn(C4CCNC4)c4c(-c5cscn5)cnc(N)c34)c(F)cc21. The van der Waals surface area contributed by atoms with Crippen LogP contribution in [0.2, 0.25) is 0 Å². The number of thiazole rings is 1. The van der Waals surface area contributed by atoms with Crippen LogP contribution in [0.15, 0.2) is 35.5 Å². The van der Waals surface area contributed by atoms with Gasteiger partial charge in [-0.2, -0.15) is 5.10 Å². The third-order valence-electron chi connectivity index (χ3n) is 6.21. The zero-order chi connectivity index (χ0) is 23.2. The number of nitrogens with zero attached hydrogens (tertiary/aromatic N) is 6. The summed E-state index contributed by atoms with van der Waals surface area (Å²) in [7, 11) is 0. The van der Waals surface area contributed by atoms with Gasteiger partial charge < -0.3 is 15.6 Å². The molecule has 5 heterocycles. The summed E-state index contributed by atoms with van der Waals surface area (Å²) in [5.41, 5.74) is 12.8. The van der Waals surface area contributed by atoms with Crippen molar-refractivity contribution in [3.05, 3.63) is 52.6 Å². The number of nitrogens with two attached hydrogens (primary N) is 1. The van der Waals surface area contributed by atoms with Gasteiger partial charge in [0.25, 0.3) is 0 Å². The van der Waals surface area contributed by atoms with E-state index >= 15 is 0 Å². The van der Waals surface area contributed by atoms with E-state index in [-0.39, 0.29) is 11.6 Å². The molecule has 1 fully saturated rings. The number of pyridine rings is 1. The van der Waals surface area contributed by atoms with Crippen LogP contribution in [0.25, 0.3) is 33.2 Å². The lowest BCUT2D eigenvalue weighted by Gasteiger charge is -2.12. The van der Waals surface area contributed by atoms with Crippen molar-refractivity contribution in [2.45, 2.75) is 25.9 Å². The Balaban J connectivity index is 1.54. The Morgan fingerprint density at radius 3 is 2.94 bits per heavy atom. The molecule has 1 unspecified atom stereocenters. The Hall–Kier alpha value is -3.81. The quantitative estimate of drug-likeness (QED) is 0.390. The second kappa shape index (κ2) is 8.20. The monoisotopic (exact) mass is 472 g/mol. The van der Waals surface area contributed by atoms with Crippen molar-refractivity contribution in [2.24, 2.45) is 0 Å². The van der Waals surface area contributed by atoms with Crippen LogP contribution >= 0.6 is 11.3 Å². The number of fused-ring (bicyclic) bond motifs is 2. The molecule has 0 radical (unpaired) electrons. The maximum atomic E-state index is 14.9. The lowest BCUT2D eigenvalue weighted by molar-refractivity contribution is 0.506. The maximum absolute atomic E-state index is 14.9. The zero-order valence-electron chi connectivity index (χ0n) is 18.4. The van der Waals surface area contributed by atoms with E-state index in [4.69, 9.17) is 10.8 Å². The van der Waals surface area contributed by atoms with Gasteiger partial charge in [0.1, 0.15) is 17.3 Å². The lowest BCUT2D eigenvalue weighted by atomic mass is 10.1. The summed E-state index contributed by atoms with van der Waals surface area (Å²) in [4.78, 5) is 13.3. The van der Waals surface area contributed by atoms with Gasteiger partial charge in [-0.05, 0) is 31.9 Å². The summed E-state index contributed by atoms with van der Waals surface area (Å²) in [6.45, 7) is 4.42. The van der Waals surface area contributed by atoms with Crippen molar-refractivity contribution < 1.29 is 4.39 Å². The van der Waals surface area contributed by atoms with E-state index in [9.17, 15) is 4.39 Å². The molecule has 0 saturated carbocycles. The van der Waals surface area contributed by atoms with Gasteiger partial charge in [-0.1, -0.05) is 5.92 Å². The predicted molar refractivity (Wildman–Crippen MR) is 131 cm³/mol. The maximum Gasteiger partial charge on any atom is 0.147 e. The number of nitrogens with one attached hydrogen (secondary N) is 1. The summed E-state index contributed by atoms with van der Waals surface area (Å²) < 4.78 is 18.8. The Kier molecular flexibility index (Phi) is 5.01. The Bertz CT molecular complexity index is 1580. The molecule has 34 heavy (non-hydrogen) atoms. The smallest absolute Gasteiger partial charge is 0.147 e. The van der Waals surface area contributed by atoms with Crippen molar-refractivity contribution >= 4 is 39.1 Å². The minimum absolute atomic E-state index is 0.156. The molecule has 170 valence electrons. The van der Waals surface area contributed by atoms with Crippen LogP contribution in [0.3, 0.4) is 0 Å². The second-order valence-electron chi connectivity index (χ2n) is 8.20. The molecule has 5 aromatic rings. The second-order valence-corrected chi connectivity index (χ2v) is 8.91. The number of halogens is 1. The fraction of sp³-hybridized carbons (Fsp3) is 0.250. The number of anilines is 1. The first-order valence-electron chi connectivity index (χ1n) is 11.1. The highest BCUT2D eigenvalue weighted by Gasteiger charge is 2.25. The Morgan fingerprint density at radius 2 is 2.18 bits per heavy atom. The van der Waals surface area contributed by atoms with E-state index in [0.29, 0.717) is 29.0 Å². The zero-order valence-corrected chi connectivity index (χ0v) is 19.2. The molecule has 0 bridgehead atoms. The number of rotatable bonds is 3. The van der Waals surface area contributed by atoms with E-state index in [1.165, 1.54) is 17.4 Å². The van der Waals surface area contributed by atoms with Gasteiger partial charge in [0.05, 0.1) is 51.1 Å². The molecule has 1 aliphatic rings. The van der Waals surface area contributed by atoms with Crippen LogP contribution in [-0.2, 0) is 6.54 Å². The summed E-state index contributed by atoms with van der Waals surface area (Å²) in [6, 6.07) is 3.31. The van der Waals surface area contributed by atoms with Crippen molar-refractivity contribution in [3.63, 3.8) is 0 Å². The fourth-order valence-electron chi connectivity index (χ4n) is 4.48. The van der Waals surface area contributed by atoms with Crippen LogP contribution in [-0.4, -0.2) is 42.4 Å². The molecule has 1 atom stereocenters. The minimum Gasteiger partial charge on any atom is -0.383 e. The molecular weight excluding hydrogens is 451 g/mol. The van der Waals surface area contributed by atoms with E-state index in [2.05, 4.69) is 32.1 Å². The van der Waals surface area contributed by atoms with Crippen molar-refractivity contribution in [2.75, 3.05) is 18.8 Å². The van der Waals surface area contributed by atoms with Crippen molar-refractivity contribution in [1.29, 1.82) is 0 Å². The van der Waals surface area contributed by atoms with Gasteiger partial charge in [-0.25, -0.2) is 19.3 Å². The molecule has 0 aliphatic carbocycles. The third-order valence-corrected chi connectivity index (χ3v) is 6.80. The first kappa shape index (κ1) is 20.8. The highest BCUT2D eigenvalue weighted by molar-refractivity contribution is 7.07. The van der Waals surface area contributed by atoms with Gasteiger partial charge in [0, 0.05) is 36.3 Å². The molecule has 8 nitrogen and oxygen atoms in total. The largest absolute Gasteiger partial charge is 0.383 e. The van der Waals surface area contributed by atoms with E-state index in [1.807, 2.05) is 21.6 Å². The first-order chi connectivity index (χ1) is 16.6. The molecule has 1 aromatic carbocycles. The van der Waals surface area contributed by atoms with Gasteiger partial charge in [-0.3, -0.25) is 4.68 Å². The Labute approximate surface area is 198 Å². The summed E-state index contributed by atoms with van der Waals surface area (Å²) in [5.74, 6) is 5.98. The van der Waals surface area contributed by atoms with E-state index in [1.54, 1.807) is 24.1 Å². The molecule has 1 aliphatic heterocycles. The topological polar surface area (TPSA) is 99.5 Å². The number of aromatic nitrogens is 6. The third kappa shape index (κ3) is 3.32. The van der Waals surface area contributed by atoms with E-state index < -0.39 is 5.82 Å². The predicted octanol–water partition coefficient (Wildman–Crippen LogP) is 3.58. The van der Waals surface area contributed by atoms with Gasteiger partial charge in [-0.15, -0.1) is 11.3 Å². The Morgan fingerprint density at radius 1 is 1.26 bits per heavy atom. The molecule has 6 rings (SSSR count). The lowest BCUT2D eigenvalue weighted by Crippen LogP contribution is -2.15. The van der Waals surface area contributed by atoms with E-state index in [0.717, 1.165) is 41.8 Å². The normalized spacial score (nSPS) is 15.8. The highest BCUT2D eigenvalue weighted by atomic mass is 32.1. The van der Waals surface area contributed by atoms with Crippen molar-refractivity contribution in [3.8, 4) is 23.1 Å². The number of hydrogen-bond acceptors (Lipinski definition) is 7. The first-order valence-corrected chi connectivity index (χ1v) is 12.0. The molecule has 1 saturated heterocycles. The molecule has 0 amide bonds. The van der Waals surface area contributed by atoms with Crippen LogP contribution in [0, 0.1) is 17.7 Å². The minimum atomic E-state index is -0.395. The van der Waals surface area contributed by atoms with Crippen LogP contribution in [0.1, 0.15) is 30.6 Å². The number of imidazole rings is 1. The van der Waals surface area contributed by atoms with Gasteiger partial charge >= 0.3 is 0 Å². The molecule has 10 heteroatoms. The number of benzene rings is 1. The van der Waals surface area contributed by atoms with Gasteiger partial charge in [0.15, 0.2) is 0 Å². The molecule has 4 aromatic heterocycles. The van der Waals surface area contributed by atoms with Gasteiger partial charge in [0.2, 0.25) is 0 Å². The molecule has 0 spiro atoms. The average Bonchev–Trinajstić information content (AvgIpc) is 3.64. The number of nitrogen functional groups attached to an aromatic ring is 1. The van der Waals surface area contributed by atoms with Crippen LogP contribution < -0.4 is 11.1 Å². The standard InChI is InChI=1S/C24H21FN8S/c1-2-32-12-29-19-7-14(17(25)8-21(19)32)3-4-18-22-23(33(31-18)15-5-6-27-9-15)16(10-28-24(22)26)20-11-34-13-30-20/h7-8,10-13,15,27H,2,5-6,9H2,1H3,(H2,26,28). The summed E-state index contributed by atoms with van der Waals surface area (Å²) in [5, 5.41) is 10.9.